The Labute approximate surface area is 130 Å². The molecule has 1 aromatic heterocycles. The summed E-state index contributed by atoms with van der Waals surface area (Å²) in [6.07, 6.45) is 5.80. The fraction of sp³-hybridized carbons (Fsp3) is 0.692. The van der Waals surface area contributed by atoms with Gasteiger partial charge in [-0.15, -0.1) is 0 Å². The second kappa shape index (κ2) is 5.73. The number of ether oxygens (including phenoxy) is 1. The van der Waals surface area contributed by atoms with Crippen LogP contribution in [0.15, 0.2) is 17.1 Å². The van der Waals surface area contributed by atoms with E-state index in [9.17, 15) is 4.79 Å². The van der Waals surface area contributed by atoms with Crippen LogP contribution >= 0.6 is 34.4 Å². The molecule has 2 saturated heterocycles. The number of thioether (sulfide) groups is 1. The van der Waals surface area contributed by atoms with Crippen molar-refractivity contribution in [2.75, 3.05) is 18.1 Å². The molecular formula is C13H17IN2O2S. The second-order valence-corrected chi connectivity index (χ2v) is 7.72. The first-order valence-electron chi connectivity index (χ1n) is 6.65. The lowest BCUT2D eigenvalue weighted by atomic mass is 9.85. The van der Waals surface area contributed by atoms with Crippen LogP contribution in [0.2, 0.25) is 0 Å². The zero-order valence-corrected chi connectivity index (χ0v) is 13.7. The minimum Gasteiger partial charge on any atom is -0.375 e. The first-order chi connectivity index (χ1) is 9.19. The van der Waals surface area contributed by atoms with E-state index in [0.29, 0.717) is 0 Å². The zero-order chi connectivity index (χ0) is 13.3. The van der Waals surface area contributed by atoms with Crippen LogP contribution in [-0.2, 0) is 4.74 Å². The lowest BCUT2D eigenvalue weighted by molar-refractivity contribution is -0.101. The molecule has 2 fully saturated rings. The van der Waals surface area contributed by atoms with Crippen LogP contribution in [0, 0.1) is 3.57 Å². The lowest BCUT2D eigenvalue weighted by Gasteiger charge is -2.43. The first kappa shape index (κ1) is 13.9. The molecule has 0 aromatic carbocycles. The van der Waals surface area contributed by atoms with Gasteiger partial charge in [0.15, 0.2) is 0 Å². The van der Waals surface area contributed by atoms with Gasteiger partial charge in [-0.25, -0.2) is 4.68 Å². The predicted molar refractivity (Wildman–Crippen MR) is 84.7 cm³/mol. The Hall–Kier alpha value is -0.0800. The van der Waals surface area contributed by atoms with Gasteiger partial charge in [-0.2, -0.15) is 16.9 Å². The van der Waals surface area contributed by atoms with Crippen molar-refractivity contribution in [3.63, 3.8) is 0 Å². The monoisotopic (exact) mass is 392 g/mol. The highest BCUT2D eigenvalue weighted by Crippen LogP contribution is 2.40. The molecule has 104 valence electrons. The summed E-state index contributed by atoms with van der Waals surface area (Å²) in [4.78, 5) is 12.1. The van der Waals surface area contributed by atoms with Crippen molar-refractivity contribution in [1.82, 2.24) is 9.78 Å². The molecule has 0 saturated carbocycles. The van der Waals surface area contributed by atoms with Crippen LogP contribution < -0.4 is 5.56 Å². The van der Waals surface area contributed by atoms with Gasteiger partial charge in [0.1, 0.15) is 0 Å². The zero-order valence-electron chi connectivity index (χ0n) is 10.7. The van der Waals surface area contributed by atoms with Crippen molar-refractivity contribution in [1.29, 1.82) is 0 Å². The number of rotatable bonds is 1. The quantitative estimate of drug-likeness (QED) is 0.689. The summed E-state index contributed by atoms with van der Waals surface area (Å²) < 4.78 is 8.62. The van der Waals surface area contributed by atoms with E-state index >= 15 is 0 Å². The van der Waals surface area contributed by atoms with Gasteiger partial charge < -0.3 is 4.74 Å². The Balaban J connectivity index is 1.83. The van der Waals surface area contributed by atoms with Crippen LogP contribution in [-0.4, -0.2) is 33.5 Å². The van der Waals surface area contributed by atoms with Gasteiger partial charge >= 0.3 is 0 Å². The second-order valence-electron chi connectivity index (χ2n) is 5.25. The highest BCUT2D eigenvalue weighted by molar-refractivity contribution is 14.1. The van der Waals surface area contributed by atoms with Gasteiger partial charge in [0.05, 0.1) is 17.8 Å². The van der Waals surface area contributed by atoms with E-state index in [1.54, 1.807) is 16.9 Å². The molecule has 0 N–H and O–H groups in total. The molecule has 1 spiro atoms. The molecule has 6 heteroatoms. The fourth-order valence-electron chi connectivity index (χ4n) is 2.97. The number of hydrogen-bond donors (Lipinski definition) is 0. The Morgan fingerprint density at radius 2 is 2.26 bits per heavy atom. The Morgan fingerprint density at radius 1 is 1.47 bits per heavy atom. The van der Waals surface area contributed by atoms with Gasteiger partial charge in [0.25, 0.3) is 5.56 Å². The molecule has 0 amide bonds. The van der Waals surface area contributed by atoms with E-state index in [1.165, 1.54) is 11.5 Å². The van der Waals surface area contributed by atoms with Gasteiger partial charge in [0, 0.05) is 16.2 Å². The topological polar surface area (TPSA) is 44.1 Å². The smallest absolute Gasteiger partial charge is 0.268 e. The van der Waals surface area contributed by atoms with Crippen LogP contribution in [0.5, 0.6) is 0 Å². The number of nitrogens with zero attached hydrogens (tertiary/aromatic N) is 2. The van der Waals surface area contributed by atoms with E-state index in [2.05, 4.69) is 27.7 Å². The number of aromatic nitrogens is 2. The van der Waals surface area contributed by atoms with Crippen molar-refractivity contribution < 1.29 is 4.74 Å². The van der Waals surface area contributed by atoms with E-state index in [0.717, 1.165) is 35.9 Å². The summed E-state index contributed by atoms with van der Waals surface area (Å²) in [6, 6.07) is 1.85. The van der Waals surface area contributed by atoms with Crippen LogP contribution in [0.4, 0.5) is 0 Å². The van der Waals surface area contributed by atoms with E-state index in [1.807, 2.05) is 11.8 Å². The van der Waals surface area contributed by atoms with Crippen molar-refractivity contribution in [3.8, 4) is 0 Å². The minimum atomic E-state index is -0.00170. The van der Waals surface area contributed by atoms with Gasteiger partial charge in [0.2, 0.25) is 0 Å². The normalized spacial score (nSPS) is 26.5. The molecule has 1 unspecified atom stereocenters. The molecule has 0 radical (unpaired) electrons. The van der Waals surface area contributed by atoms with Gasteiger partial charge in [-0.3, -0.25) is 4.79 Å². The summed E-state index contributed by atoms with van der Waals surface area (Å²) in [5.74, 6) is 2.34. The third-order valence-electron chi connectivity index (χ3n) is 4.01. The molecule has 2 aliphatic heterocycles. The Morgan fingerprint density at radius 3 is 3.00 bits per heavy atom. The molecule has 1 aromatic rings. The highest BCUT2D eigenvalue weighted by Gasteiger charge is 2.39. The SMILES string of the molecule is O=c1cc(I)cnn1C1CCOC2(CCSCC2)C1. The Bertz CT molecular complexity index is 508. The van der Waals surface area contributed by atoms with Crippen LogP contribution in [0.3, 0.4) is 0 Å². The molecule has 1 atom stereocenters. The van der Waals surface area contributed by atoms with Crippen molar-refractivity contribution in [2.45, 2.75) is 37.3 Å². The lowest BCUT2D eigenvalue weighted by Crippen LogP contribution is -2.45. The van der Waals surface area contributed by atoms with Crippen LogP contribution in [0.25, 0.3) is 0 Å². The third kappa shape index (κ3) is 3.00. The molecule has 4 nitrogen and oxygen atoms in total. The maximum Gasteiger partial charge on any atom is 0.268 e. The first-order valence-corrected chi connectivity index (χ1v) is 8.88. The standard InChI is InChI=1S/C13H17IN2O2S/c14-10-7-12(17)16(15-9-10)11-1-4-18-13(8-11)2-5-19-6-3-13/h7,9,11H,1-6,8H2. The number of halogens is 1. The van der Waals surface area contributed by atoms with Gasteiger partial charge in [-0.1, -0.05) is 0 Å². The third-order valence-corrected chi connectivity index (χ3v) is 5.59. The minimum absolute atomic E-state index is 0.00170. The van der Waals surface area contributed by atoms with Crippen molar-refractivity contribution >= 4 is 34.4 Å². The largest absolute Gasteiger partial charge is 0.375 e. The summed E-state index contributed by atoms with van der Waals surface area (Å²) in [5.41, 5.74) is 0.0114. The van der Waals surface area contributed by atoms with E-state index in [-0.39, 0.29) is 17.2 Å². The Kier molecular flexibility index (Phi) is 4.19. The predicted octanol–water partition coefficient (Wildman–Crippen LogP) is 2.47. The highest BCUT2D eigenvalue weighted by atomic mass is 127. The van der Waals surface area contributed by atoms with Crippen molar-refractivity contribution in [3.05, 3.63) is 26.2 Å². The molecule has 19 heavy (non-hydrogen) atoms. The average molecular weight is 392 g/mol. The number of hydrogen-bond acceptors (Lipinski definition) is 4. The molecule has 0 aliphatic carbocycles. The van der Waals surface area contributed by atoms with E-state index in [4.69, 9.17) is 4.74 Å². The maximum absolute atomic E-state index is 12.1. The van der Waals surface area contributed by atoms with E-state index < -0.39 is 0 Å². The van der Waals surface area contributed by atoms with Crippen LogP contribution in [0.1, 0.15) is 31.7 Å². The average Bonchev–Trinajstić information content (AvgIpc) is 2.39. The maximum atomic E-state index is 12.1. The summed E-state index contributed by atoms with van der Waals surface area (Å²) >= 11 is 4.13. The molecule has 3 rings (SSSR count). The summed E-state index contributed by atoms with van der Waals surface area (Å²) in [6.45, 7) is 0.745. The molecule has 2 aliphatic rings. The summed E-state index contributed by atoms with van der Waals surface area (Å²) in [7, 11) is 0. The molecular weight excluding hydrogens is 375 g/mol. The van der Waals surface area contributed by atoms with Crippen molar-refractivity contribution in [2.24, 2.45) is 0 Å². The fourth-order valence-corrected chi connectivity index (χ4v) is 4.60. The summed E-state index contributed by atoms with van der Waals surface area (Å²) in [5, 5.41) is 4.32. The molecule has 3 heterocycles. The molecule has 0 bridgehead atoms. The van der Waals surface area contributed by atoms with Gasteiger partial charge in [-0.05, 0) is 59.8 Å².